The van der Waals surface area contributed by atoms with E-state index in [9.17, 15) is 18.0 Å². The summed E-state index contributed by atoms with van der Waals surface area (Å²) in [7, 11) is 1.50. The van der Waals surface area contributed by atoms with Crippen molar-refractivity contribution in [3.63, 3.8) is 0 Å². The van der Waals surface area contributed by atoms with Gasteiger partial charge < -0.3 is 14.4 Å². The van der Waals surface area contributed by atoms with Gasteiger partial charge in [-0.25, -0.2) is 0 Å². The van der Waals surface area contributed by atoms with Crippen molar-refractivity contribution in [2.45, 2.75) is 19.5 Å². The molecule has 1 aliphatic heterocycles. The molecule has 0 atom stereocenters. The molecule has 0 aliphatic carbocycles. The summed E-state index contributed by atoms with van der Waals surface area (Å²) in [5.41, 5.74) is 2.12. The summed E-state index contributed by atoms with van der Waals surface area (Å²) >= 11 is 0. The predicted octanol–water partition coefficient (Wildman–Crippen LogP) is 3.75. The van der Waals surface area contributed by atoms with Crippen LogP contribution in [0.4, 0.5) is 13.2 Å². The molecule has 0 unspecified atom stereocenters. The predicted molar refractivity (Wildman–Crippen MR) is 79.7 cm³/mol. The minimum Gasteiger partial charge on any atom is -0.496 e. The highest BCUT2D eigenvalue weighted by Gasteiger charge is 2.32. The zero-order valence-corrected chi connectivity index (χ0v) is 12.8. The number of methoxy groups -OCH3 is 1. The molecule has 3 rings (SSSR count). The first-order valence-corrected chi connectivity index (χ1v) is 7.17. The monoisotopic (exact) mass is 337 g/mol. The highest BCUT2D eigenvalue weighted by Crippen LogP contribution is 2.32. The number of halogens is 3. The summed E-state index contributed by atoms with van der Waals surface area (Å²) in [6.45, 7) is 0.731. The second-order valence-corrected chi connectivity index (χ2v) is 5.35. The normalized spacial score (nSPS) is 13.8. The first kappa shape index (κ1) is 16.2. The maximum Gasteiger partial charge on any atom is 0.573 e. The van der Waals surface area contributed by atoms with Gasteiger partial charge in [-0.15, -0.1) is 13.2 Å². The molecule has 0 bridgehead atoms. The Morgan fingerprint density at radius 2 is 1.83 bits per heavy atom. The molecule has 0 aromatic heterocycles. The van der Waals surface area contributed by atoms with Crippen molar-refractivity contribution in [2.24, 2.45) is 0 Å². The maximum atomic E-state index is 12.5. The average Bonchev–Trinajstić information content (AvgIpc) is 2.84. The number of hydrogen-bond acceptors (Lipinski definition) is 3. The van der Waals surface area contributed by atoms with E-state index in [1.807, 2.05) is 12.1 Å². The van der Waals surface area contributed by atoms with Crippen LogP contribution in [0, 0.1) is 0 Å². The number of rotatable bonds is 4. The standard InChI is InChI=1S/C17H14F3NO3/c1-23-14-4-2-3-12-10-21(16(22)15(12)14)9-11-5-7-13(8-6-11)24-17(18,19)20/h2-8H,9-10H2,1H3. The van der Waals surface area contributed by atoms with Crippen LogP contribution in [0.2, 0.25) is 0 Å². The summed E-state index contributed by atoms with van der Waals surface area (Å²) in [6, 6.07) is 10.9. The molecule has 1 amide bonds. The van der Waals surface area contributed by atoms with Crippen molar-refractivity contribution in [1.82, 2.24) is 4.90 Å². The molecule has 7 heteroatoms. The molecule has 2 aromatic rings. The molecule has 24 heavy (non-hydrogen) atoms. The third-order valence-electron chi connectivity index (χ3n) is 3.73. The second-order valence-electron chi connectivity index (χ2n) is 5.35. The molecule has 1 aliphatic rings. The zero-order valence-electron chi connectivity index (χ0n) is 12.8. The van der Waals surface area contributed by atoms with E-state index in [-0.39, 0.29) is 11.7 Å². The summed E-state index contributed by atoms with van der Waals surface area (Å²) < 4.78 is 45.5. The van der Waals surface area contributed by atoms with Crippen LogP contribution in [0.25, 0.3) is 0 Å². The molecule has 2 aromatic carbocycles. The van der Waals surface area contributed by atoms with Gasteiger partial charge in [0, 0.05) is 13.1 Å². The Balaban J connectivity index is 1.73. The molecule has 0 saturated heterocycles. The quantitative estimate of drug-likeness (QED) is 0.853. The Hall–Kier alpha value is -2.70. The van der Waals surface area contributed by atoms with Gasteiger partial charge in [0.1, 0.15) is 11.5 Å². The molecule has 0 fully saturated rings. The topological polar surface area (TPSA) is 38.8 Å². The molecule has 0 spiro atoms. The lowest BCUT2D eigenvalue weighted by Gasteiger charge is -2.16. The van der Waals surface area contributed by atoms with Crippen molar-refractivity contribution in [3.8, 4) is 11.5 Å². The van der Waals surface area contributed by atoms with Crippen LogP contribution in [0.3, 0.4) is 0 Å². The average molecular weight is 337 g/mol. The fraction of sp³-hybridized carbons (Fsp3) is 0.235. The first-order chi connectivity index (χ1) is 11.4. The van der Waals surface area contributed by atoms with Crippen molar-refractivity contribution < 1.29 is 27.4 Å². The van der Waals surface area contributed by atoms with E-state index in [1.54, 1.807) is 11.0 Å². The lowest BCUT2D eigenvalue weighted by molar-refractivity contribution is -0.274. The molecule has 0 N–H and O–H groups in total. The molecule has 126 valence electrons. The highest BCUT2D eigenvalue weighted by molar-refractivity contribution is 6.00. The number of carbonyl (C=O) groups excluding carboxylic acids is 1. The number of ether oxygens (including phenoxy) is 2. The lowest BCUT2D eigenvalue weighted by Crippen LogP contribution is -2.23. The minimum atomic E-state index is -4.72. The number of fused-ring (bicyclic) bond motifs is 1. The van der Waals surface area contributed by atoms with Crippen molar-refractivity contribution in [2.75, 3.05) is 7.11 Å². The van der Waals surface area contributed by atoms with Gasteiger partial charge >= 0.3 is 6.36 Å². The third-order valence-corrected chi connectivity index (χ3v) is 3.73. The smallest absolute Gasteiger partial charge is 0.496 e. The Morgan fingerprint density at radius 3 is 2.46 bits per heavy atom. The van der Waals surface area contributed by atoms with Crippen LogP contribution in [0.15, 0.2) is 42.5 Å². The first-order valence-electron chi connectivity index (χ1n) is 7.17. The Morgan fingerprint density at radius 1 is 1.12 bits per heavy atom. The maximum absolute atomic E-state index is 12.5. The van der Waals surface area contributed by atoms with Gasteiger partial charge in [-0.2, -0.15) is 0 Å². The number of amides is 1. The minimum absolute atomic E-state index is 0.155. The van der Waals surface area contributed by atoms with Crippen LogP contribution in [0.5, 0.6) is 11.5 Å². The Labute approximate surface area is 136 Å². The van der Waals surface area contributed by atoms with Gasteiger partial charge in [-0.05, 0) is 29.3 Å². The van der Waals surface area contributed by atoms with Gasteiger partial charge in [0.15, 0.2) is 0 Å². The van der Waals surface area contributed by atoms with Crippen LogP contribution in [-0.4, -0.2) is 24.3 Å². The van der Waals surface area contributed by atoms with Gasteiger partial charge in [0.05, 0.1) is 12.7 Å². The van der Waals surface area contributed by atoms with E-state index < -0.39 is 6.36 Å². The van der Waals surface area contributed by atoms with Crippen LogP contribution in [-0.2, 0) is 13.1 Å². The van der Waals surface area contributed by atoms with Gasteiger partial charge in [0.2, 0.25) is 0 Å². The summed E-state index contributed by atoms with van der Waals surface area (Å²) in [5, 5.41) is 0. The van der Waals surface area contributed by atoms with Gasteiger partial charge in [0.25, 0.3) is 5.91 Å². The summed E-state index contributed by atoms with van der Waals surface area (Å²) in [4.78, 5) is 14.1. The van der Waals surface area contributed by atoms with E-state index in [0.717, 1.165) is 5.56 Å². The van der Waals surface area contributed by atoms with E-state index >= 15 is 0 Å². The molecule has 1 heterocycles. The van der Waals surface area contributed by atoms with E-state index in [4.69, 9.17) is 4.74 Å². The summed E-state index contributed by atoms with van der Waals surface area (Å²) in [5.74, 6) is 0.0796. The highest BCUT2D eigenvalue weighted by atomic mass is 19.4. The van der Waals surface area contributed by atoms with Crippen molar-refractivity contribution in [3.05, 3.63) is 59.2 Å². The third kappa shape index (κ3) is 3.29. The van der Waals surface area contributed by atoms with Gasteiger partial charge in [-0.3, -0.25) is 4.79 Å². The van der Waals surface area contributed by atoms with Crippen molar-refractivity contribution >= 4 is 5.91 Å². The van der Waals surface area contributed by atoms with Crippen molar-refractivity contribution in [1.29, 1.82) is 0 Å². The van der Waals surface area contributed by atoms with Crippen LogP contribution in [0.1, 0.15) is 21.5 Å². The fourth-order valence-electron chi connectivity index (χ4n) is 2.70. The largest absolute Gasteiger partial charge is 0.573 e. The summed E-state index contributed by atoms with van der Waals surface area (Å²) in [6.07, 6.45) is -4.72. The SMILES string of the molecule is COc1cccc2c1C(=O)N(Cc1ccc(OC(F)(F)F)cc1)C2. The Bertz CT molecular complexity index is 757. The number of nitrogens with zero attached hydrogens (tertiary/aromatic N) is 1. The number of benzene rings is 2. The Kier molecular flexibility index (Phi) is 4.09. The zero-order chi connectivity index (χ0) is 17.3. The molecular weight excluding hydrogens is 323 g/mol. The number of carbonyl (C=O) groups is 1. The van der Waals surface area contributed by atoms with E-state index in [1.165, 1.54) is 31.4 Å². The molecular formula is C17H14F3NO3. The van der Waals surface area contributed by atoms with E-state index in [0.29, 0.717) is 30.0 Å². The molecule has 0 radical (unpaired) electrons. The van der Waals surface area contributed by atoms with Gasteiger partial charge in [-0.1, -0.05) is 24.3 Å². The van der Waals surface area contributed by atoms with Crippen LogP contribution >= 0.6 is 0 Å². The number of hydrogen-bond donors (Lipinski definition) is 0. The second kappa shape index (κ2) is 6.07. The molecule has 0 saturated carbocycles. The van der Waals surface area contributed by atoms with Crippen LogP contribution < -0.4 is 9.47 Å². The fourth-order valence-corrected chi connectivity index (χ4v) is 2.70. The molecule has 4 nitrogen and oxygen atoms in total. The van der Waals surface area contributed by atoms with E-state index in [2.05, 4.69) is 4.74 Å². The number of alkyl halides is 3. The lowest BCUT2D eigenvalue weighted by atomic mass is 10.1.